The highest BCUT2D eigenvalue weighted by molar-refractivity contribution is 5.95. The zero-order valence-electron chi connectivity index (χ0n) is 11.7. The maximum Gasteiger partial charge on any atom is 0.255 e. The minimum atomic E-state index is -0.125. The molecular formula is C15H19N3O2. The highest BCUT2D eigenvalue weighted by atomic mass is 16.5. The monoisotopic (exact) mass is 273 g/mol. The molecule has 1 aromatic heterocycles. The number of ether oxygens (including phenoxy) is 1. The van der Waals surface area contributed by atoms with Crippen LogP contribution in [-0.2, 0) is 0 Å². The molecule has 20 heavy (non-hydrogen) atoms. The lowest BCUT2D eigenvalue weighted by Crippen LogP contribution is -2.38. The molecule has 1 heterocycles. The van der Waals surface area contributed by atoms with Crippen molar-refractivity contribution in [2.45, 2.75) is 26.3 Å². The van der Waals surface area contributed by atoms with Crippen molar-refractivity contribution in [3.05, 3.63) is 47.8 Å². The van der Waals surface area contributed by atoms with Crippen molar-refractivity contribution in [3.8, 4) is 5.75 Å². The Bertz CT molecular complexity index is 551. The topological polar surface area (TPSA) is 67.0 Å². The Morgan fingerprint density at radius 1 is 1.40 bits per heavy atom. The molecule has 1 atom stereocenters. The van der Waals surface area contributed by atoms with Crippen molar-refractivity contribution >= 4 is 5.91 Å². The number of aromatic amines is 1. The summed E-state index contributed by atoms with van der Waals surface area (Å²) in [6.07, 6.45) is 2.34. The molecule has 0 aliphatic carbocycles. The van der Waals surface area contributed by atoms with Crippen molar-refractivity contribution in [2.75, 3.05) is 6.61 Å². The number of H-pyrrole nitrogens is 1. The quantitative estimate of drug-likeness (QED) is 0.848. The smallest absolute Gasteiger partial charge is 0.255 e. The number of carbonyl (C=O) groups is 1. The van der Waals surface area contributed by atoms with Crippen LogP contribution in [0.25, 0.3) is 0 Å². The lowest BCUT2D eigenvalue weighted by Gasteiger charge is -2.17. The maximum absolute atomic E-state index is 12.1. The minimum absolute atomic E-state index is 0.0305. The van der Waals surface area contributed by atoms with E-state index in [0.29, 0.717) is 12.2 Å². The summed E-state index contributed by atoms with van der Waals surface area (Å²) >= 11 is 0. The molecule has 2 aromatic rings. The third kappa shape index (κ3) is 3.60. The summed E-state index contributed by atoms with van der Waals surface area (Å²) in [5.41, 5.74) is 1.34. The van der Waals surface area contributed by atoms with Gasteiger partial charge in [-0.1, -0.05) is 25.1 Å². The van der Waals surface area contributed by atoms with E-state index in [-0.39, 0.29) is 11.9 Å². The van der Waals surface area contributed by atoms with Crippen molar-refractivity contribution < 1.29 is 9.53 Å². The molecular weight excluding hydrogens is 254 g/mol. The second-order valence-corrected chi connectivity index (χ2v) is 4.61. The van der Waals surface area contributed by atoms with Gasteiger partial charge in [-0.25, -0.2) is 0 Å². The Hall–Kier alpha value is -2.30. The molecule has 0 unspecified atom stereocenters. The molecule has 0 saturated heterocycles. The van der Waals surface area contributed by atoms with Crippen LogP contribution in [0.1, 0.15) is 29.4 Å². The Morgan fingerprint density at radius 2 is 2.15 bits per heavy atom. The SMILES string of the molecule is CC[C@@H](COc1ccccc1)NC(=O)c1cn[nH]c1C. The van der Waals surface area contributed by atoms with Gasteiger partial charge in [0.1, 0.15) is 12.4 Å². The molecule has 0 spiro atoms. The third-order valence-electron chi connectivity index (χ3n) is 3.10. The fourth-order valence-corrected chi connectivity index (χ4v) is 1.82. The molecule has 0 saturated carbocycles. The largest absolute Gasteiger partial charge is 0.491 e. The summed E-state index contributed by atoms with van der Waals surface area (Å²) in [6.45, 7) is 4.29. The molecule has 1 aromatic carbocycles. The molecule has 0 fully saturated rings. The highest BCUT2D eigenvalue weighted by Crippen LogP contribution is 2.10. The molecule has 2 N–H and O–H groups in total. The number of hydrogen-bond donors (Lipinski definition) is 2. The van der Waals surface area contributed by atoms with Gasteiger partial charge in [0.05, 0.1) is 17.8 Å². The Labute approximate surface area is 118 Å². The molecule has 2 rings (SSSR count). The third-order valence-corrected chi connectivity index (χ3v) is 3.10. The normalized spacial score (nSPS) is 11.9. The van der Waals surface area contributed by atoms with Crippen LogP contribution in [0, 0.1) is 6.92 Å². The van der Waals surface area contributed by atoms with Gasteiger partial charge in [0.2, 0.25) is 0 Å². The van der Waals surface area contributed by atoms with E-state index in [0.717, 1.165) is 17.9 Å². The second kappa shape index (κ2) is 6.75. The number of amides is 1. The van der Waals surface area contributed by atoms with Crippen LogP contribution < -0.4 is 10.1 Å². The number of nitrogens with one attached hydrogen (secondary N) is 2. The van der Waals surface area contributed by atoms with Crippen LogP contribution in [0.4, 0.5) is 0 Å². The van der Waals surface area contributed by atoms with Gasteiger partial charge in [-0.2, -0.15) is 5.10 Å². The number of para-hydroxylation sites is 1. The average molecular weight is 273 g/mol. The van der Waals surface area contributed by atoms with E-state index in [1.165, 1.54) is 6.20 Å². The fraction of sp³-hybridized carbons (Fsp3) is 0.333. The molecule has 0 aliphatic heterocycles. The first-order valence-corrected chi connectivity index (χ1v) is 6.69. The summed E-state index contributed by atoms with van der Waals surface area (Å²) < 4.78 is 5.67. The van der Waals surface area contributed by atoms with Crippen molar-refractivity contribution in [3.63, 3.8) is 0 Å². The van der Waals surface area contributed by atoms with Crippen molar-refractivity contribution in [1.82, 2.24) is 15.5 Å². The standard InChI is InChI=1S/C15H19N3O2/c1-3-12(10-20-13-7-5-4-6-8-13)17-15(19)14-9-16-18-11(14)2/h4-9,12H,3,10H2,1-2H3,(H,16,18)(H,17,19)/t12-/m0/s1. The van der Waals surface area contributed by atoms with Gasteiger partial charge >= 0.3 is 0 Å². The van der Waals surface area contributed by atoms with Gasteiger partial charge in [0.15, 0.2) is 0 Å². The van der Waals surface area contributed by atoms with E-state index < -0.39 is 0 Å². The van der Waals surface area contributed by atoms with Crippen LogP contribution in [-0.4, -0.2) is 28.8 Å². The number of benzene rings is 1. The Balaban J connectivity index is 1.89. The van der Waals surface area contributed by atoms with Gasteiger partial charge in [-0.15, -0.1) is 0 Å². The summed E-state index contributed by atoms with van der Waals surface area (Å²) in [6, 6.07) is 9.54. The molecule has 1 amide bonds. The number of hydrogen-bond acceptors (Lipinski definition) is 3. The van der Waals surface area contributed by atoms with Crippen LogP contribution in [0.5, 0.6) is 5.75 Å². The molecule has 106 valence electrons. The van der Waals surface area contributed by atoms with E-state index in [4.69, 9.17) is 4.74 Å². The molecule has 5 nitrogen and oxygen atoms in total. The summed E-state index contributed by atoms with van der Waals surface area (Å²) in [4.78, 5) is 12.1. The lowest BCUT2D eigenvalue weighted by atomic mass is 10.2. The first-order valence-electron chi connectivity index (χ1n) is 6.69. The van der Waals surface area contributed by atoms with Gasteiger partial charge in [-0.3, -0.25) is 9.89 Å². The van der Waals surface area contributed by atoms with Crippen LogP contribution in [0.3, 0.4) is 0 Å². The first kappa shape index (κ1) is 14.1. The van der Waals surface area contributed by atoms with E-state index in [9.17, 15) is 4.79 Å². The Kier molecular flexibility index (Phi) is 4.76. The van der Waals surface area contributed by atoms with E-state index in [1.807, 2.05) is 44.2 Å². The summed E-state index contributed by atoms with van der Waals surface area (Å²) in [7, 11) is 0. The van der Waals surface area contributed by atoms with Gasteiger partial charge < -0.3 is 10.1 Å². The fourth-order valence-electron chi connectivity index (χ4n) is 1.82. The van der Waals surface area contributed by atoms with Gasteiger partial charge in [-0.05, 0) is 25.5 Å². The summed E-state index contributed by atoms with van der Waals surface area (Å²) in [5.74, 6) is 0.680. The van der Waals surface area contributed by atoms with Crippen molar-refractivity contribution in [1.29, 1.82) is 0 Å². The van der Waals surface area contributed by atoms with E-state index >= 15 is 0 Å². The van der Waals surface area contributed by atoms with Crippen molar-refractivity contribution in [2.24, 2.45) is 0 Å². The van der Waals surface area contributed by atoms with E-state index in [1.54, 1.807) is 0 Å². The van der Waals surface area contributed by atoms with Crippen LogP contribution >= 0.6 is 0 Å². The van der Waals surface area contributed by atoms with Gasteiger partial charge in [0.25, 0.3) is 5.91 Å². The van der Waals surface area contributed by atoms with Crippen LogP contribution in [0.15, 0.2) is 36.5 Å². The second-order valence-electron chi connectivity index (χ2n) is 4.61. The van der Waals surface area contributed by atoms with Gasteiger partial charge in [0, 0.05) is 5.69 Å². The minimum Gasteiger partial charge on any atom is -0.491 e. The number of nitrogens with zero attached hydrogens (tertiary/aromatic N) is 1. The number of carbonyl (C=O) groups excluding carboxylic acids is 1. The first-order chi connectivity index (χ1) is 9.70. The zero-order valence-corrected chi connectivity index (χ0v) is 11.7. The predicted octanol–water partition coefficient (Wildman–Crippen LogP) is 2.31. The zero-order chi connectivity index (χ0) is 14.4. The average Bonchev–Trinajstić information content (AvgIpc) is 2.90. The summed E-state index contributed by atoms with van der Waals surface area (Å²) in [5, 5.41) is 9.57. The number of aryl methyl sites for hydroxylation is 1. The van der Waals surface area contributed by atoms with Crippen LogP contribution in [0.2, 0.25) is 0 Å². The number of rotatable bonds is 6. The predicted molar refractivity (Wildman–Crippen MR) is 76.8 cm³/mol. The van der Waals surface area contributed by atoms with E-state index in [2.05, 4.69) is 15.5 Å². The molecule has 0 bridgehead atoms. The Morgan fingerprint density at radius 3 is 2.75 bits per heavy atom. The highest BCUT2D eigenvalue weighted by Gasteiger charge is 2.15. The lowest BCUT2D eigenvalue weighted by molar-refractivity contribution is 0.0919. The number of aromatic nitrogens is 2. The molecule has 0 aliphatic rings. The molecule has 0 radical (unpaired) electrons. The maximum atomic E-state index is 12.1. The molecule has 5 heteroatoms.